The number of benzene rings is 1. The third kappa shape index (κ3) is 2.55. The van der Waals surface area contributed by atoms with Crippen LogP contribution in [0.5, 0.6) is 0 Å². The van der Waals surface area contributed by atoms with Crippen LogP contribution in [0.1, 0.15) is 25.3 Å². The second-order valence-electron chi connectivity index (χ2n) is 4.22. The molecule has 1 aliphatic rings. The highest BCUT2D eigenvalue weighted by Crippen LogP contribution is 2.37. The molecule has 0 bridgehead atoms. The molecule has 2 nitrogen and oxygen atoms in total. The lowest BCUT2D eigenvalue weighted by molar-refractivity contribution is -0.207. The number of ether oxygens (including phenoxy) is 2. The summed E-state index contributed by atoms with van der Waals surface area (Å²) in [5.41, 5.74) is 1.21. The van der Waals surface area contributed by atoms with Crippen LogP contribution in [0.2, 0.25) is 0 Å². The molecule has 0 fully saturated rings. The Hall–Kier alpha value is -1.38. The van der Waals surface area contributed by atoms with Crippen molar-refractivity contribution >= 4 is 0 Å². The molecule has 1 aromatic rings. The lowest BCUT2D eigenvalue weighted by Crippen LogP contribution is -2.41. The molecule has 0 radical (unpaired) electrons. The van der Waals surface area contributed by atoms with Gasteiger partial charge in [0.2, 0.25) is 0 Å². The molecule has 0 N–H and O–H groups in total. The van der Waals surface area contributed by atoms with Crippen LogP contribution < -0.4 is 0 Å². The molecule has 1 aromatic carbocycles. The van der Waals surface area contributed by atoms with Crippen LogP contribution in [0, 0.1) is 0 Å². The third-order valence-corrected chi connectivity index (χ3v) is 3.08. The zero-order valence-corrected chi connectivity index (χ0v) is 11.0. The van der Waals surface area contributed by atoms with E-state index in [9.17, 15) is 0 Å². The molecule has 0 aliphatic heterocycles. The largest absolute Gasteiger partial charge is 0.346 e. The van der Waals surface area contributed by atoms with Crippen LogP contribution >= 0.6 is 0 Å². The second kappa shape index (κ2) is 5.98. The fourth-order valence-corrected chi connectivity index (χ4v) is 2.38. The number of hydrogen-bond donors (Lipinski definition) is 0. The number of allylic oxidation sites excluding steroid dienone is 2. The fourth-order valence-electron chi connectivity index (χ4n) is 2.38. The van der Waals surface area contributed by atoms with E-state index in [2.05, 4.69) is 18.2 Å². The normalized spacial score (nSPS) is 21.1. The van der Waals surface area contributed by atoms with E-state index in [1.54, 1.807) is 0 Å². The minimum Gasteiger partial charge on any atom is -0.346 e. The molecular formula is C16H20O2. The van der Waals surface area contributed by atoms with Gasteiger partial charge in [-0.15, -0.1) is 0 Å². The van der Waals surface area contributed by atoms with Crippen molar-refractivity contribution in [1.29, 1.82) is 0 Å². The summed E-state index contributed by atoms with van der Waals surface area (Å²) in [5.74, 6) is -0.567. The predicted octanol–water partition coefficient (Wildman–Crippen LogP) is 3.67. The lowest BCUT2D eigenvalue weighted by atomic mass is 9.87. The molecule has 0 spiro atoms. The third-order valence-electron chi connectivity index (χ3n) is 3.08. The maximum absolute atomic E-state index is 5.92. The van der Waals surface area contributed by atoms with Crippen molar-refractivity contribution in [3.8, 4) is 0 Å². The Morgan fingerprint density at radius 2 is 1.67 bits per heavy atom. The summed E-state index contributed by atoms with van der Waals surface area (Å²) < 4.78 is 11.8. The molecule has 1 atom stereocenters. The zero-order valence-electron chi connectivity index (χ0n) is 11.0. The van der Waals surface area contributed by atoms with Crippen LogP contribution in [0.3, 0.4) is 0 Å². The summed E-state index contributed by atoms with van der Waals surface area (Å²) in [6, 6.07) is 10.3. The highest BCUT2D eigenvalue weighted by atomic mass is 16.7. The van der Waals surface area contributed by atoms with E-state index in [1.165, 1.54) is 5.56 Å². The zero-order chi connectivity index (χ0) is 12.8. The summed E-state index contributed by atoms with van der Waals surface area (Å²) in [6.07, 6.45) is 8.19. The highest BCUT2D eigenvalue weighted by Gasteiger charge is 2.38. The van der Waals surface area contributed by atoms with Gasteiger partial charge in [0, 0.05) is 13.2 Å². The Morgan fingerprint density at radius 1 is 1.00 bits per heavy atom. The van der Waals surface area contributed by atoms with E-state index in [-0.39, 0.29) is 5.92 Å². The Morgan fingerprint density at radius 3 is 2.28 bits per heavy atom. The van der Waals surface area contributed by atoms with E-state index in [0.29, 0.717) is 13.2 Å². The van der Waals surface area contributed by atoms with Gasteiger partial charge in [-0.3, -0.25) is 0 Å². The van der Waals surface area contributed by atoms with E-state index in [4.69, 9.17) is 9.47 Å². The van der Waals surface area contributed by atoms with Crippen LogP contribution in [0.15, 0.2) is 54.6 Å². The molecule has 96 valence electrons. The van der Waals surface area contributed by atoms with Gasteiger partial charge in [-0.25, -0.2) is 0 Å². The van der Waals surface area contributed by atoms with Gasteiger partial charge in [-0.2, -0.15) is 0 Å². The van der Waals surface area contributed by atoms with Gasteiger partial charge in [-0.05, 0) is 25.5 Å². The van der Waals surface area contributed by atoms with Gasteiger partial charge in [0.1, 0.15) is 0 Å². The molecule has 0 saturated heterocycles. The van der Waals surface area contributed by atoms with Crippen molar-refractivity contribution < 1.29 is 9.47 Å². The fraction of sp³-hybridized carbons (Fsp3) is 0.375. The summed E-state index contributed by atoms with van der Waals surface area (Å²) in [5, 5.41) is 0. The average Bonchev–Trinajstić information content (AvgIpc) is 2.41. The standard InChI is InChI=1S/C16H20O2/c1-3-17-16(18-4-2)13-9-8-12-15(16)14-10-6-5-7-11-14/h5-13,15H,3-4H2,1-2H3. The van der Waals surface area contributed by atoms with Gasteiger partial charge in [0.25, 0.3) is 0 Å². The summed E-state index contributed by atoms with van der Waals surface area (Å²) >= 11 is 0. The molecule has 0 heterocycles. The van der Waals surface area contributed by atoms with Crippen molar-refractivity contribution in [2.24, 2.45) is 0 Å². The van der Waals surface area contributed by atoms with Gasteiger partial charge in [0.05, 0.1) is 5.92 Å². The molecule has 1 aliphatic carbocycles. The van der Waals surface area contributed by atoms with Crippen LogP contribution in [0.4, 0.5) is 0 Å². The Labute approximate surface area is 109 Å². The van der Waals surface area contributed by atoms with Crippen molar-refractivity contribution in [3.63, 3.8) is 0 Å². The molecule has 2 rings (SSSR count). The SMILES string of the molecule is CCOC1(OCC)C=CC=CC1c1ccccc1. The first kappa shape index (κ1) is 13.1. The van der Waals surface area contributed by atoms with Crippen LogP contribution in [-0.4, -0.2) is 19.0 Å². The first-order valence-electron chi connectivity index (χ1n) is 6.51. The van der Waals surface area contributed by atoms with Gasteiger partial charge < -0.3 is 9.47 Å². The smallest absolute Gasteiger partial charge is 0.198 e. The van der Waals surface area contributed by atoms with Crippen molar-refractivity contribution in [1.82, 2.24) is 0 Å². The van der Waals surface area contributed by atoms with Gasteiger partial charge in [0.15, 0.2) is 5.79 Å². The molecule has 0 amide bonds. The molecule has 18 heavy (non-hydrogen) atoms. The lowest BCUT2D eigenvalue weighted by Gasteiger charge is -2.38. The monoisotopic (exact) mass is 244 g/mol. The van der Waals surface area contributed by atoms with Gasteiger partial charge in [-0.1, -0.05) is 48.6 Å². The molecule has 0 saturated carbocycles. The van der Waals surface area contributed by atoms with Gasteiger partial charge >= 0.3 is 0 Å². The number of rotatable bonds is 5. The van der Waals surface area contributed by atoms with Crippen LogP contribution in [-0.2, 0) is 9.47 Å². The molecule has 1 unspecified atom stereocenters. The quantitative estimate of drug-likeness (QED) is 0.736. The summed E-state index contributed by atoms with van der Waals surface area (Å²) in [4.78, 5) is 0. The number of hydrogen-bond acceptors (Lipinski definition) is 2. The van der Waals surface area contributed by atoms with E-state index >= 15 is 0 Å². The van der Waals surface area contributed by atoms with E-state index in [0.717, 1.165) is 0 Å². The van der Waals surface area contributed by atoms with Crippen LogP contribution in [0.25, 0.3) is 0 Å². The van der Waals surface area contributed by atoms with E-state index < -0.39 is 5.79 Å². The summed E-state index contributed by atoms with van der Waals surface area (Å²) in [7, 11) is 0. The topological polar surface area (TPSA) is 18.5 Å². The predicted molar refractivity (Wildman–Crippen MR) is 73.4 cm³/mol. The minimum absolute atomic E-state index is 0.101. The molecule has 2 heteroatoms. The van der Waals surface area contributed by atoms with E-state index in [1.807, 2.05) is 50.3 Å². The van der Waals surface area contributed by atoms with Crippen molar-refractivity contribution in [2.75, 3.05) is 13.2 Å². The summed E-state index contributed by atoms with van der Waals surface area (Å²) in [6.45, 7) is 5.24. The Kier molecular flexibility index (Phi) is 4.34. The first-order valence-corrected chi connectivity index (χ1v) is 6.51. The Bertz CT molecular complexity index is 414. The highest BCUT2D eigenvalue weighted by molar-refractivity contribution is 5.34. The maximum atomic E-state index is 5.92. The Balaban J connectivity index is 2.36. The maximum Gasteiger partial charge on any atom is 0.198 e. The first-order chi connectivity index (χ1) is 8.82. The average molecular weight is 244 g/mol. The van der Waals surface area contributed by atoms with Crippen molar-refractivity contribution in [3.05, 3.63) is 60.2 Å². The van der Waals surface area contributed by atoms with Crippen molar-refractivity contribution in [2.45, 2.75) is 25.6 Å². The molecule has 0 aromatic heterocycles. The minimum atomic E-state index is -0.667. The second-order valence-corrected chi connectivity index (χ2v) is 4.22. The molecular weight excluding hydrogens is 224 g/mol.